The molecule has 0 unspecified atom stereocenters. The Balaban J connectivity index is 0. The molecule has 0 amide bonds. The van der Waals surface area contributed by atoms with E-state index in [0.717, 1.165) is 0 Å². The number of rotatable bonds is 6. The third-order valence-electron chi connectivity index (χ3n) is 1.60. The fourth-order valence-corrected chi connectivity index (χ4v) is 19.7. The van der Waals surface area contributed by atoms with Gasteiger partial charge in [0, 0.05) is 32.7 Å². The molecule has 0 atom stereocenters. The van der Waals surface area contributed by atoms with Crippen molar-refractivity contribution in [3.8, 4) is 0 Å². The molecule has 0 aromatic heterocycles. The number of hydrogen-bond acceptors (Lipinski definition) is 3. The quantitative estimate of drug-likeness (QED) is 0.629. The topological polar surface area (TPSA) is 27.7 Å². The molecule has 0 aliphatic heterocycles. The van der Waals surface area contributed by atoms with Gasteiger partial charge in [0.2, 0.25) is 0 Å². The van der Waals surface area contributed by atoms with E-state index < -0.39 is 33.8 Å². The summed E-state index contributed by atoms with van der Waals surface area (Å²) < 4.78 is 18.7. The number of hydrogen-bond donors (Lipinski definition) is 0. The van der Waals surface area contributed by atoms with Gasteiger partial charge in [-0.15, -0.1) is 0 Å². The Hall–Kier alpha value is 1.85. The van der Waals surface area contributed by atoms with Crippen molar-refractivity contribution in [2.75, 3.05) is 0 Å². The minimum absolute atomic E-state index is 0. The fourth-order valence-electron chi connectivity index (χ4n) is 2.11. The summed E-state index contributed by atoms with van der Waals surface area (Å²) in [6, 6.07) is 0. The maximum atomic E-state index is 6.28. The van der Waals surface area contributed by atoms with Crippen molar-refractivity contribution >= 4 is 33.8 Å². The van der Waals surface area contributed by atoms with Crippen LogP contribution in [0.3, 0.4) is 0 Å². The first-order chi connectivity index (χ1) is 7.12. The zero-order valence-electron chi connectivity index (χ0n) is 13.8. The van der Waals surface area contributed by atoms with Gasteiger partial charge >= 0.3 is 17.1 Å². The molecule has 0 N–H and O–H groups in total. The van der Waals surface area contributed by atoms with E-state index in [0.29, 0.717) is 0 Å². The van der Waals surface area contributed by atoms with Crippen LogP contribution in [0.25, 0.3) is 0 Å². The van der Waals surface area contributed by atoms with E-state index in [1.807, 2.05) is 0 Å². The van der Waals surface area contributed by atoms with Crippen LogP contribution in [0.4, 0.5) is 0 Å². The van der Waals surface area contributed by atoms with Gasteiger partial charge in [0.05, 0.1) is 0 Å². The zero-order chi connectivity index (χ0) is 14.1. The molecule has 8 heteroatoms. The monoisotopic (exact) mass is 399 g/mol. The summed E-state index contributed by atoms with van der Waals surface area (Å²) in [5.41, 5.74) is 0. The summed E-state index contributed by atoms with van der Waals surface area (Å²) in [6.45, 7) is 21.8. The molecule has 0 aliphatic carbocycles. The van der Waals surface area contributed by atoms with Crippen molar-refractivity contribution in [3.05, 3.63) is 0 Å². The van der Waals surface area contributed by atoms with Gasteiger partial charge in [-0.3, -0.25) is 0 Å². The maximum absolute atomic E-state index is 6.28. The average Bonchev–Trinajstić information content (AvgIpc) is 1.65. The van der Waals surface area contributed by atoms with Crippen LogP contribution >= 0.6 is 0 Å². The Morgan fingerprint density at radius 3 is 0.833 bits per heavy atom. The van der Waals surface area contributed by atoms with Crippen molar-refractivity contribution in [2.45, 2.75) is 65.5 Å². The summed E-state index contributed by atoms with van der Waals surface area (Å²) >= 11 is 0. The Bertz CT molecular complexity index is 233. The smallest absolute Gasteiger partial charge is 0.312 e. The van der Waals surface area contributed by atoms with Crippen molar-refractivity contribution < 1.29 is 45.1 Å². The van der Waals surface area contributed by atoms with Gasteiger partial charge in [-0.25, -0.2) is 0 Å². The van der Waals surface area contributed by atoms with Crippen molar-refractivity contribution in [2.24, 2.45) is 0 Å². The van der Waals surface area contributed by atoms with Crippen LogP contribution in [-0.2, 0) is 45.1 Å². The van der Waals surface area contributed by atoms with Gasteiger partial charge in [0.25, 0.3) is 0 Å². The largest absolute Gasteiger partial charge is 0.437 e. The SMILES string of the molecule is C[Si](C)(C)O[Si](C)(C)O[Si](C)(C)O[Si](C)(C)C.[Y]. The molecule has 3 nitrogen and oxygen atoms in total. The van der Waals surface area contributed by atoms with E-state index >= 15 is 0 Å². The molecule has 0 heterocycles. The van der Waals surface area contributed by atoms with E-state index in [2.05, 4.69) is 65.5 Å². The van der Waals surface area contributed by atoms with Crippen molar-refractivity contribution in [1.29, 1.82) is 0 Å². The van der Waals surface area contributed by atoms with E-state index in [1.54, 1.807) is 0 Å². The maximum Gasteiger partial charge on any atom is 0.312 e. The predicted molar refractivity (Wildman–Crippen MR) is 84.9 cm³/mol. The zero-order valence-corrected chi connectivity index (χ0v) is 20.6. The van der Waals surface area contributed by atoms with Crippen LogP contribution in [0.2, 0.25) is 65.5 Å². The van der Waals surface area contributed by atoms with Crippen molar-refractivity contribution in [1.82, 2.24) is 0 Å². The molecule has 1 radical (unpaired) electrons. The Morgan fingerprint density at radius 2 is 0.667 bits per heavy atom. The minimum atomic E-state index is -2.05. The van der Waals surface area contributed by atoms with Crippen molar-refractivity contribution in [3.63, 3.8) is 0 Å². The first kappa shape index (κ1) is 22.1. The molecule has 0 spiro atoms. The van der Waals surface area contributed by atoms with E-state index in [9.17, 15) is 0 Å². The Morgan fingerprint density at radius 1 is 0.444 bits per heavy atom. The molecular weight excluding hydrogens is 369 g/mol. The molecule has 0 saturated carbocycles. The normalized spacial score (nSPS) is 14.3. The van der Waals surface area contributed by atoms with Gasteiger partial charge in [-0.05, 0) is 65.5 Å². The Kier molecular flexibility index (Phi) is 8.88. The van der Waals surface area contributed by atoms with Gasteiger partial charge in [0.1, 0.15) is 0 Å². The first-order valence-corrected chi connectivity index (χ1v) is 18.7. The standard InChI is InChI=1S/C10H30O3Si4.Y/c1-14(2,3)11-16(7,8)13-17(9,10)12-15(4,5)6;/h1-10H3;. The molecule has 0 aromatic rings. The van der Waals surface area contributed by atoms with Crippen LogP contribution < -0.4 is 0 Å². The van der Waals surface area contributed by atoms with Gasteiger partial charge in [0.15, 0.2) is 16.6 Å². The molecule has 0 bridgehead atoms. The molecule has 107 valence electrons. The van der Waals surface area contributed by atoms with Crippen LogP contribution in [0.15, 0.2) is 0 Å². The third kappa shape index (κ3) is 12.9. The average molecular weight is 400 g/mol. The van der Waals surface area contributed by atoms with Crippen LogP contribution in [0.5, 0.6) is 0 Å². The van der Waals surface area contributed by atoms with Crippen LogP contribution in [-0.4, -0.2) is 33.8 Å². The molecule has 18 heavy (non-hydrogen) atoms. The minimum Gasteiger partial charge on any atom is -0.437 e. The molecule has 0 fully saturated rings. The summed E-state index contributed by atoms with van der Waals surface area (Å²) in [5, 5.41) is 0. The van der Waals surface area contributed by atoms with Gasteiger partial charge in [-0.2, -0.15) is 0 Å². The van der Waals surface area contributed by atoms with Gasteiger partial charge < -0.3 is 12.3 Å². The predicted octanol–water partition coefficient (Wildman–Crippen LogP) is 4.11. The van der Waals surface area contributed by atoms with Crippen LogP contribution in [0.1, 0.15) is 0 Å². The summed E-state index contributed by atoms with van der Waals surface area (Å²) in [4.78, 5) is 0. The fraction of sp³-hybridized carbons (Fsp3) is 1.00. The molecular formula is C10H30O3Si4Y. The molecule has 0 rings (SSSR count). The molecule has 0 aliphatic rings. The van der Waals surface area contributed by atoms with Crippen LogP contribution in [0, 0.1) is 0 Å². The summed E-state index contributed by atoms with van der Waals surface area (Å²) in [6.07, 6.45) is 0. The summed E-state index contributed by atoms with van der Waals surface area (Å²) in [5.74, 6) is 0. The third-order valence-corrected chi connectivity index (χ3v) is 14.4. The second-order valence-corrected chi connectivity index (χ2v) is 23.8. The first-order valence-electron chi connectivity index (χ1n) is 6.22. The molecule has 0 saturated heterocycles. The van der Waals surface area contributed by atoms with Gasteiger partial charge in [-0.1, -0.05) is 0 Å². The summed E-state index contributed by atoms with van der Waals surface area (Å²) in [7, 11) is -7.18. The Labute approximate surface area is 143 Å². The second kappa shape index (κ2) is 7.22. The van der Waals surface area contributed by atoms with E-state index in [1.165, 1.54) is 0 Å². The second-order valence-electron chi connectivity index (χ2n) is 7.33. The molecule has 0 aromatic carbocycles. The van der Waals surface area contributed by atoms with E-state index in [-0.39, 0.29) is 32.7 Å². The van der Waals surface area contributed by atoms with E-state index in [4.69, 9.17) is 12.3 Å².